The van der Waals surface area contributed by atoms with Crippen LogP contribution in [-0.2, 0) is 44.6 Å². The van der Waals surface area contributed by atoms with Crippen molar-refractivity contribution in [3.8, 4) is 17.2 Å². The quantitative estimate of drug-likeness (QED) is 0.106. The molecule has 3 N–H and O–H groups in total. The Bertz CT molecular complexity index is 980. The first-order valence-electron chi connectivity index (χ1n) is 11.9. The average Bonchev–Trinajstić information content (AvgIpc) is 2.80. The van der Waals surface area contributed by atoms with Crippen LogP contribution < -0.4 is 14.2 Å². The summed E-state index contributed by atoms with van der Waals surface area (Å²) in [6, 6.07) is 4.78. The molecule has 1 aromatic carbocycles. The van der Waals surface area contributed by atoms with E-state index in [9.17, 15) is 25.3 Å². The van der Waals surface area contributed by atoms with Crippen LogP contribution in [0.2, 0.25) is 0 Å². The summed E-state index contributed by atoms with van der Waals surface area (Å²) in [5.74, 6) is -0.0561. The maximum absolute atomic E-state index is 10.7. The molecule has 0 aromatic heterocycles. The predicted molar refractivity (Wildman–Crippen MR) is 138 cm³/mol. The first kappa shape index (κ1) is 35.3. The zero-order valence-corrected chi connectivity index (χ0v) is 23.8. The van der Waals surface area contributed by atoms with Crippen LogP contribution in [0.25, 0.3) is 0 Å². The van der Waals surface area contributed by atoms with Crippen LogP contribution in [0.4, 0.5) is 0 Å². The van der Waals surface area contributed by atoms with Gasteiger partial charge in [0.2, 0.25) is 0 Å². The summed E-state index contributed by atoms with van der Waals surface area (Å²) in [7, 11) is -12.1. The lowest BCUT2D eigenvalue weighted by molar-refractivity contribution is 0.0957. The van der Waals surface area contributed by atoms with Gasteiger partial charge < -0.3 is 28.4 Å². The number of rotatable bonds is 24. The molecule has 0 spiro atoms. The monoisotopic (exact) mass is 624 g/mol. The molecule has 1 rings (SSSR count). The van der Waals surface area contributed by atoms with Crippen molar-refractivity contribution in [1.29, 1.82) is 0 Å². The average molecular weight is 625 g/mol. The second-order valence-corrected chi connectivity index (χ2v) is 12.7. The Morgan fingerprint density at radius 3 is 0.923 bits per heavy atom. The minimum Gasteiger partial charge on any atom is -0.491 e. The van der Waals surface area contributed by atoms with E-state index in [-0.39, 0.29) is 78.7 Å². The van der Waals surface area contributed by atoms with E-state index < -0.39 is 47.6 Å². The van der Waals surface area contributed by atoms with Crippen LogP contribution in [0.5, 0.6) is 17.2 Å². The van der Waals surface area contributed by atoms with Crippen LogP contribution in [0.1, 0.15) is 19.3 Å². The molecule has 0 heterocycles. The van der Waals surface area contributed by atoms with Crippen molar-refractivity contribution in [2.75, 3.05) is 76.7 Å². The lowest BCUT2D eigenvalue weighted by atomic mass is 10.3. The molecule has 0 unspecified atom stereocenters. The van der Waals surface area contributed by atoms with Gasteiger partial charge in [0.25, 0.3) is 30.4 Å². The molecule has 1 aromatic rings. The molecule has 228 valence electrons. The lowest BCUT2D eigenvalue weighted by Crippen LogP contribution is -2.12. The highest BCUT2D eigenvalue weighted by atomic mass is 32.2. The van der Waals surface area contributed by atoms with Gasteiger partial charge in [0.15, 0.2) is 0 Å². The Hall–Kier alpha value is -1.77. The molecule has 0 aliphatic heterocycles. The Morgan fingerprint density at radius 1 is 0.436 bits per heavy atom. The van der Waals surface area contributed by atoms with Crippen LogP contribution in [0.3, 0.4) is 0 Å². The highest BCUT2D eigenvalue weighted by Gasteiger charge is 2.08. The van der Waals surface area contributed by atoms with E-state index in [0.717, 1.165) is 0 Å². The summed E-state index contributed by atoms with van der Waals surface area (Å²) >= 11 is 0. The van der Waals surface area contributed by atoms with Crippen molar-refractivity contribution < 1.29 is 67.3 Å². The topological polar surface area (TPSA) is 218 Å². The van der Waals surface area contributed by atoms with E-state index in [1.165, 1.54) is 0 Å². The Kier molecular flexibility index (Phi) is 16.8. The predicted octanol–water partition coefficient (Wildman–Crippen LogP) is 0.707. The van der Waals surface area contributed by atoms with E-state index in [1.54, 1.807) is 18.2 Å². The zero-order valence-electron chi connectivity index (χ0n) is 21.3. The highest BCUT2D eigenvalue weighted by molar-refractivity contribution is 7.86. The molecule has 0 amide bonds. The van der Waals surface area contributed by atoms with E-state index in [2.05, 4.69) is 0 Å². The SMILES string of the molecule is O=S(=O)(O)CCCOCCOc1cc(OCCOCCCS(=O)(=O)O)cc(OCCOCCCS(=O)(=O)O)c1. The molecule has 0 saturated carbocycles. The fraction of sp³-hybridized carbons (Fsp3) is 0.714. The third kappa shape index (κ3) is 22.7. The molecule has 0 aliphatic rings. The number of benzene rings is 1. The maximum atomic E-state index is 10.7. The first-order chi connectivity index (χ1) is 18.2. The van der Waals surface area contributed by atoms with Crippen LogP contribution in [0.15, 0.2) is 18.2 Å². The summed E-state index contributed by atoms with van der Waals surface area (Å²) in [4.78, 5) is 0. The first-order valence-corrected chi connectivity index (χ1v) is 16.7. The zero-order chi connectivity index (χ0) is 29.2. The van der Waals surface area contributed by atoms with Crippen LogP contribution in [-0.4, -0.2) is 116 Å². The minimum absolute atomic E-state index is 0.120. The second kappa shape index (κ2) is 18.6. The van der Waals surface area contributed by atoms with E-state index in [1.807, 2.05) is 0 Å². The molecule has 0 bridgehead atoms. The van der Waals surface area contributed by atoms with Gasteiger partial charge in [-0.05, 0) is 19.3 Å². The van der Waals surface area contributed by atoms with E-state index in [0.29, 0.717) is 17.2 Å². The maximum Gasteiger partial charge on any atom is 0.264 e. The van der Waals surface area contributed by atoms with Gasteiger partial charge in [-0.2, -0.15) is 25.3 Å². The summed E-state index contributed by atoms with van der Waals surface area (Å²) < 4.78 is 123. The van der Waals surface area contributed by atoms with Gasteiger partial charge in [-0.15, -0.1) is 0 Å². The Morgan fingerprint density at radius 2 is 0.692 bits per heavy atom. The van der Waals surface area contributed by atoms with E-state index >= 15 is 0 Å². The molecule has 0 aliphatic carbocycles. The van der Waals surface area contributed by atoms with Crippen molar-refractivity contribution in [1.82, 2.24) is 0 Å². The van der Waals surface area contributed by atoms with Crippen molar-refractivity contribution in [2.24, 2.45) is 0 Å². The molecule has 15 nitrogen and oxygen atoms in total. The summed E-state index contributed by atoms with van der Waals surface area (Å²) in [5.41, 5.74) is 0. The van der Waals surface area contributed by atoms with Crippen molar-refractivity contribution in [3.05, 3.63) is 18.2 Å². The van der Waals surface area contributed by atoms with Gasteiger partial charge in [-0.1, -0.05) is 0 Å². The molecule has 0 atom stereocenters. The van der Waals surface area contributed by atoms with Crippen molar-refractivity contribution >= 4 is 30.4 Å². The Labute approximate surface area is 228 Å². The fourth-order valence-electron chi connectivity index (χ4n) is 2.79. The van der Waals surface area contributed by atoms with Gasteiger partial charge in [0.1, 0.15) is 37.1 Å². The summed E-state index contributed by atoms with van der Waals surface area (Å²) in [5, 5.41) is 0. The highest BCUT2D eigenvalue weighted by Crippen LogP contribution is 2.28. The second-order valence-electron chi connectivity index (χ2n) is 7.94. The number of hydrogen-bond acceptors (Lipinski definition) is 12. The van der Waals surface area contributed by atoms with Gasteiger partial charge in [-0.3, -0.25) is 13.7 Å². The van der Waals surface area contributed by atoms with Gasteiger partial charge in [0.05, 0.1) is 37.1 Å². The summed E-state index contributed by atoms with van der Waals surface area (Å²) in [6.07, 6.45) is 0.405. The summed E-state index contributed by atoms with van der Waals surface area (Å²) in [6.45, 7) is 1.21. The third-order valence-electron chi connectivity index (χ3n) is 4.42. The van der Waals surface area contributed by atoms with E-state index in [4.69, 9.17) is 42.1 Å². The third-order valence-corrected chi connectivity index (χ3v) is 6.83. The lowest BCUT2D eigenvalue weighted by Gasteiger charge is -2.14. The minimum atomic E-state index is -4.04. The van der Waals surface area contributed by atoms with Crippen molar-refractivity contribution in [3.63, 3.8) is 0 Å². The van der Waals surface area contributed by atoms with Crippen molar-refractivity contribution in [2.45, 2.75) is 19.3 Å². The molecule has 0 radical (unpaired) electrons. The van der Waals surface area contributed by atoms with Gasteiger partial charge >= 0.3 is 0 Å². The molecular weight excluding hydrogens is 588 g/mol. The van der Waals surface area contributed by atoms with Gasteiger partial charge in [0, 0.05) is 38.0 Å². The number of ether oxygens (including phenoxy) is 6. The Balaban J connectivity index is 2.51. The normalized spacial score (nSPS) is 12.4. The molecule has 39 heavy (non-hydrogen) atoms. The number of hydrogen-bond donors (Lipinski definition) is 3. The molecule has 0 saturated heterocycles. The smallest absolute Gasteiger partial charge is 0.264 e. The van der Waals surface area contributed by atoms with Gasteiger partial charge in [-0.25, -0.2) is 0 Å². The standard InChI is InChI=1S/C21H36O15S3/c22-37(23,24)13-1-4-31-7-10-34-19-16-20(35-11-8-32-5-2-14-38(25,26)27)18-21(17-19)36-12-9-33-6-3-15-39(28,29)30/h16-18H,1-15H2,(H,22,23,24)(H,25,26,27)(H,28,29,30). The molecule has 18 heteroatoms. The van der Waals surface area contributed by atoms with Crippen LogP contribution >= 0.6 is 0 Å². The largest absolute Gasteiger partial charge is 0.491 e. The fourth-order valence-corrected chi connectivity index (χ4v) is 4.24. The molecule has 0 fully saturated rings. The van der Waals surface area contributed by atoms with Crippen LogP contribution in [0, 0.1) is 0 Å². The molecular formula is C21H36O15S3.